The molecule has 0 amide bonds. The molecule has 0 radical (unpaired) electrons. The molecule has 1 aromatic heterocycles. The van der Waals surface area contributed by atoms with E-state index in [0.717, 1.165) is 11.8 Å². The summed E-state index contributed by atoms with van der Waals surface area (Å²) in [4.78, 5) is 0. The largest absolute Gasteiger partial charge is 0.418 e. The summed E-state index contributed by atoms with van der Waals surface area (Å²) in [5.74, 6) is 0. The first-order chi connectivity index (χ1) is 7.98. The molecular formula is C11H10F3N3. The number of rotatable bonds is 2. The molecule has 3 N–H and O–H groups in total. The minimum absolute atomic E-state index is 0.227. The van der Waals surface area contributed by atoms with Crippen molar-refractivity contribution in [3.05, 3.63) is 47.3 Å². The molecule has 0 fully saturated rings. The monoisotopic (exact) mass is 241 g/mol. The summed E-state index contributed by atoms with van der Waals surface area (Å²) in [5, 5.41) is 6.42. The number of nitrogen functional groups attached to an aromatic ring is 1. The Morgan fingerprint density at radius 1 is 1.24 bits per heavy atom. The van der Waals surface area contributed by atoms with E-state index in [4.69, 9.17) is 5.73 Å². The quantitative estimate of drug-likeness (QED) is 0.794. The van der Waals surface area contributed by atoms with Gasteiger partial charge in [-0.25, -0.2) is 0 Å². The first kappa shape index (κ1) is 11.5. The van der Waals surface area contributed by atoms with E-state index in [-0.39, 0.29) is 5.69 Å². The van der Waals surface area contributed by atoms with Crippen molar-refractivity contribution in [1.29, 1.82) is 0 Å². The van der Waals surface area contributed by atoms with Crippen LogP contribution in [-0.2, 0) is 12.6 Å². The van der Waals surface area contributed by atoms with Crippen molar-refractivity contribution in [3.63, 3.8) is 0 Å². The number of benzene rings is 1. The molecule has 2 rings (SSSR count). The maximum absolute atomic E-state index is 12.6. The Hall–Kier alpha value is -1.98. The molecule has 0 unspecified atom stereocenters. The Kier molecular flexibility index (Phi) is 2.79. The van der Waals surface area contributed by atoms with E-state index in [1.807, 2.05) is 0 Å². The Labute approximate surface area is 95.5 Å². The Morgan fingerprint density at radius 3 is 2.59 bits per heavy atom. The van der Waals surface area contributed by atoms with Crippen LogP contribution in [0.15, 0.2) is 30.5 Å². The number of aromatic nitrogens is 2. The number of halogens is 3. The standard InChI is InChI=1S/C11H10F3N3/c12-11(13,14)9-3-1-2-7(10(9)15)6-8-4-5-16-17-8/h1-5H,6,15H2,(H,16,17). The van der Waals surface area contributed by atoms with E-state index >= 15 is 0 Å². The molecule has 3 nitrogen and oxygen atoms in total. The normalized spacial score (nSPS) is 11.7. The van der Waals surface area contributed by atoms with Crippen LogP contribution in [0.25, 0.3) is 0 Å². The highest BCUT2D eigenvalue weighted by molar-refractivity contribution is 5.56. The highest BCUT2D eigenvalue weighted by Gasteiger charge is 2.33. The molecule has 0 saturated carbocycles. The molecule has 0 aliphatic carbocycles. The van der Waals surface area contributed by atoms with E-state index in [1.165, 1.54) is 6.07 Å². The molecular weight excluding hydrogens is 231 g/mol. The van der Waals surface area contributed by atoms with Crippen LogP contribution in [0.5, 0.6) is 0 Å². The van der Waals surface area contributed by atoms with Gasteiger partial charge in [0.15, 0.2) is 0 Å². The zero-order chi connectivity index (χ0) is 12.5. The fourth-order valence-corrected chi connectivity index (χ4v) is 1.60. The Bertz CT molecular complexity index is 503. The van der Waals surface area contributed by atoms with Crippen LogP contribution in [0.1, 0.15) is 16.8 Å². The molecule has 0 spiro atoms. The Morgan fingerprint density at radius 2 is 2.00 bits per heavy atom. The van der Waals surface area contributed by atoms with Gasteiger partial charge >= 0.3 is 6.18 Å². The predicted octanol–water partition coefficient (Wildman–Crippen LogP) is 2.60. The number of aromatic amines is 1. The van der Waals surface area contributed by atoms with Crippen molar-refractivity contribution in [2.75, 3.05) is 5.73 Å². The van der Waals surface area contributed by atoms with Crippen LogP contribution < -0.4 is 5.73 Å². The first-order valence-electron chi connectivity index (χ1n) is 4.91. The number of hydrogen-bond acceptors (Lipinski definition) is 2. The van der Waals surface area contributed by atoms with Crippen molar-refractivity contribution in [1.82, 2.24) is 10.2 Å². The van der Waals surface area contributed by atoms with Crippen LogP contribution in [0, 0.1) is 0 Å². The van der Waals surface area contributed by atoms with Crippen LogP contribution in [0.3, 0.4) is 0 Å². The molecule has 0 aliphatic rings. The van der Waals surface area contributed by atoms with Gasteiger partial charge in [-0.2, -0.15) is 18.3 Å². The second kappa shape index (κ2) is 4.12. The van der Waals surface area contributed by atoms with Gasteiger partial charge in [-0.3, -0.25) is 5.10 Å². The van der Waals surface area contributed by atoms with Crippen molar-refractivity contribution < 1.29 is 13.2 Å². The topological polar surface area (TPSA) is 54.7 Å². The van der Waals surface area contributed by atoms with Crippen LogP contribution in [-0.4, -0.2) is 10.2 Å². The highest BCUT2D eigenvalue weighted by atomic mass is 19.4. The lowest BCUT2D eigenvalue weighted by Crippen LogP contribution is -2.11. The van der Waals surface area contributed by atoms with Gasteiger partial charge < -0.3 is 5.73 Å². The van der Waals surface area contributed by atoms with Crippen LogP contribution in [0.2, 0.25) is 0 Å². The summed E-state index contributed by atoms with van der Waals surface area (Å²) in [6, 6.07) is 5.60. The third kappa shape index (κ3) is 2.41. The lowest BCUT2D eigenvalue weighted by molar-refractivity contribution is -0.136. The lowest BCUT2D eigenvalue weighted by Gasteiger charge is -2.12. The molecule has 0 saturated heterocycles. The van der Waals surface area contributed by atoms with Crippen molar-refractivity contribution in [2.45, 2.75) is 12.6 Å². The SMILES string of the molecule is Nc1c(Cc2ccn[nH]2)cccc1C(F)(F)F. The molecule has 6 heteroatoms. The van der Waals surface area contributed by atoms with E-state index in [9.17, 15) is 13.2 Å². The second-order valence-corrected chi connectivity index (χ2v) is 3.63. The van der Waals surface area contributed by atoms with Gasteiger partial charge in [0.25, 0.3) is 0 Å². The number of para-hydroxylation sites is 1. The van der Waals surface area contributed by atoms with E-state index in [2.05, 4.69) is 10.2 Å². The average molecular weight is 241 g/mol. The maximum atomic E-state index is 12.6. The van der Waals surface area contributed by atoms with E-state index in [1.54, 1.807) is 18.3 Å². The molecule has 17 heavy (non-hydrogen) atoms. The molecule has 1 heterocycles. The van der Waals surface area contributed by atoms with Gasteiger partial charge in [0.2, 0.25) is 0 Å². The number of alkyl halides is 3. The smallest absolute Gasteiger partial charge is 0.398 e. The molecule has 0 aliphatic heterocycles. The summed E-state index contributed by atoms with van der Waals surface area (Å²) in [6.45, 7) is 0. The zero-order valence-corrected chi connectivity index (χ0v) is 8.75. The van der Waals surface area contributed by atoms with Crippen molar-refractivity contribution in [3.8, 4) is 0 Å². The van der Waals surface area contributed by atoms with E-state index in [0.29, 0.717) is 12.0 Å². The number of anilines is 1. The van der Waals surface area contributed by atoms with Gasteiger partial charge in [-0.15, -0.1) is 0 Å². The number of nitrogens with two attached hydrogens (primary N) is 1. The number of H-pyrrole nitrogens is 1. The number of nitrogens with one attached hydrogen (secondary N) is 1. The fourth-order valence-electron chi connectivity index (χ4n) is 1.60. The molecule has 0 bridgehead atoms. The van der Waals surface area contributed by atoms with Gasteiger partial charge in [0.1, 0.15) is 0 Å². The second-order valence-electron chi connectivity index (χ2n) is 3.63. The predicted molar refractivity (Wildman–Crippen MR) is 57.3 cm³/mol. The third-order valence-corrected chi connectivity index (χ3v) is 2.44. The minimum Gasteiger partial charge on any atom is -0.398 e. The van der Waals surface area contributed by atoms with Crippen LogP contribution >= 0.6 is 0 Å². The Balaban J connectivity index is 2.36. The summed E-state index contributed by atoms with van der Waals surface area (Å²) >= 11 is 0. The summed E-state index contributed by atoms with van der Waals surface area (Å²) in [5.41, 5.74) is 5.66. The summed E-state index contributed by atoms with van der Waals surface area (Å²) in [6.07, 6.45) is -2.58. The highest BCUT2D eigenvalue weighted by Crippen LogP contribution is 2.35. The van der Waals surface area contributed by atoms with Crippen molar-refractivity contribution >= 4 is 5.69 Å². The summed E-state index contributed by atoms with van der Waals surface area (Å²) < 4.78 is 37.8. The van der Waals surface area contributed by atoms with Gasteiger partial charge in [-0.05, 0) is 17.7 Å². The number of hydrogen-bond donors (Lipinski definition) is 2. The number of nitrogens with zero attached hydrogens (tertiary/aromatic N) is 1. The van der Waals surface area contributed by atoms with Gasteiger partial charge in [0.05, 0.1) is 5.56 Å². The summed E-state index contributed by atoms with van der Waals surface area (Å²) in [7, 11) is 0. The molecule has 2 aromatic rings. The average Bonchev–Trinajstić information content (AvgIpc) is 2.72. The minimum atomic E-state index is -4.42. The van der Waals surface area contributed by atoms with Gasteiger partial charge in [0, 0.05) is 24.0 Å². The molecule has 90 valence electrons. The van der Waals surface area contributed by atoms with E-state index < -0.39 is 11.7 Å². The molecule has 0 atom stereocenters. The van der Waals surface area contributed by atoms with Gasteiger partial charge in [-0.1, -0.05) is 12.1 Å². The maximum Gasteiger partial charge on any atom is 0.418 e. The first-order valence-corrected chi connectivity index (χ1v) is 4.91. The zero-order valence-electron chi connectivity index (χ0n) is 8.75. The lowest BCUT2D eigenvalue weighted by atomic mass is 10.0. The fraction of sp³-hybridized carbons (Fsp3) is 0.182. The van der Waals surface area contributed by atoms with Crippen molar-refractivity contribution in [2.24, 2.45) is 0 Å². The molecule has 1 aromatic carbocycles. The van der Waals surface area contributed by atoms with Crippen LogP contribution in [0.4, 0.5) is 18.9 Å². The third-order valence-electron chi connectivity index (χ3n) is 2.44.